The van der Waals surface area contributed by atoms with E-state index in [1.54, 1.807) is 6.07 Å². The monoisotopic (exact) mass is 492 g/mol. The summed E-state index contributed by atoms with van der Waals surface area (Å²) in [5, 5.41) is 6.26. The summed E-state index contributed by atoms with van der Waals surface area (Å²) in [5.74, 6) is 1.85. The Balaban J connectivity index is 0.000000145. The summed E-state index contributed by atoms with van der Waals surface area (Å²) in [4.78, 5) is 27.4. The largest absolute Gasteiger partial charge is 0.493 e. The van der Waals surface area contributed by atoms with E-state index in [0.717, 1.165) is 74.7 Å². The molecule has 0 aromatic heterocycles. The highest BCUT2D eigenvalue weighted by Gasteiger charge is 2.18. The minimum absolute atomic E-state index is 0.0218. The van der Waals surface area contributed by atoms with E-state index in [1.807, 2.05) is 35.2 Å². The maximum atomic E-state index is 12.1. The van der Waals surface area contributed by atoms with Crippen LogP contribution in [0.1, 0.15) is 49.7 Å². The first-order chi connectivity index (χ1) is 17.7. The lowest BCUT2D eigenvalue weighted by Crippen LogP contribution is -2.38. The number of hydrogen-bond donors (Lipinski definition) is 2. The van der Waals surface area contributed by atoms with Gasteiger partial charge in [0.25, 0.3) is 0 Å². The second-order valence-electron chi connectivity index (χ2n) is 9.30. The molecule has 4 aliphatic rings. The van der Waals surface area contributed by atoms with Crippen LogP contribution in [0.4, 0.5) is 16.2 Å². The molecule has 2 N–H and O–H groups in total. The molecular weight excluding hydrogens is 456 g/mol. The van der Waals surface area contributed by atoms with Gasteiger partial charge < -0.3 is 25.0 Å². The molecule has 2 aromatic carbocycles. The average molecular weight is 493 g/mol. The fourth-order valence-electron chi connectivity index (χ4n) is 4.66. The smallest absolute Gasteiger partial charge is 0.321 e. The molecule has 4 aliphatic heterocycles. The summed E-state index contributed by atoms with van der Waals surface area (Å²) in [6, 6.07) is 11.3. The van der Waals surface area contributed by atoms with Crippen molar-refractivity contribution in [2.24, 2.45) is 4.99 Å². The third-order valence-electron chi connectivity index (χ3n) is 6.64. The SMILES string of the molecule is C1CCNCC1.O=C(Nc1ccc2c(c1)CCO2)N1CCCCC1.O=C=Nc1ccc2c(c1)CCO2. The Bertz CT molecular complexity index is 1050. The molecule has 0 radical (unpaired) electrons. The molecule has 2 amide bonds. The molecule has 0 unspecified atom stereocenters. The maximum Gasteiger partial charge on any atom is 0.321 e. The molecular formula is C28H36N4O4. The van der Waals surface area contributed by atoms with Crippen molar-refractivity contribution in [2.45, 2.75) is 51.4 Å². The van der Waals surface area contributed by atoms with Gasteiger partial charge in [-0.1, -0.05) is 6.42 Å². The number of benzene rings is 2. The van der Waals surface area contributed by atoms with Crippen LogP contribution in [0.2, 0.25) is 0 Å². The number of ether oxygens (including phenoxy) is 2. The van der Waals surface area contributed by atoms with Crippen LogP contribution in [-0.2, 0) is 17.6 Å². The zero-order valence-corrected chi connectivity index (χ0v) is 20.9. The Morgan fingerprint density at radius 1 is 0.861 bits per heavy atom. The number of aliphatic imine (C=N–C) groups is 1. The Morgan fingerprint density at radius 3 is 2.11 bits per heavy atom. The van der Waals surface area contributed by atoms with E-state index in [-0.39, 0.29) is 6.03 Å². The van der Waals surface area contributed by atoms with Crippen LogP contribution >= 0.6 is 0 Å². The number of carbonyl (C=O) groups is 1. The van der Waals surface area contributed by atoms with Crippen molar-refractivity contribution in [3.63, 3.8) is 0 Å². The molecule has 2 aromatic rings. The number of hydrogen-bond acceptors (Lipinski definition) is 6. The molecule has 0 spiro atoms. The van der Waals surface area contributed by atoms with Crippen LogP contribution < -0.4 is 20.1 Å². The number of carbonyl (C=O) groups excluding carboxylic acids is 2. The first kappa shape index (κ1) is 25.7. The summed E-state index contributed by atoms with van der Waals surface area (Å²) in [6.45, 7) is 5.72. The van der Waals surface area contributed by atoms with Crippen molar-refractivity contribution in [2.75, 3.05) is 44.7 Å². The molecule has 8 heteroatoms. The second kappa shape index (κ2) is 13.7. The van der Waals surface area contributed by atoms with Crippen LogP contribution in [0.15, 0.2) is 41.4 Å². The van der Waals surface area contributed by atoms with Crippen LogP contribution in [-0.4, -0.2) is 56.4 Å². The molecule has 36 heavy (non-hydrogen) atoms. The van der Waals surface area contributed by atoms with Crippen LogP contribution in [0, 0.1) is 0 Å². The molecule has 6 rings (SSSR count). The van der Waals surface area contributed by atoms with Crippen molar-refractivity contribution in [3.05, 3.63) is 47.5 Å². The van der Waals surface area contributed by atoms with Gasteiger partial charge in [-0.25, -0.2) is 9.59 Å². The summed E-state index contributed by atoms with van der Waals surface area (Å²) < 4.78 is 10.7. The van der Waals surface area contributed by atoms with Gasteiger partial charge in [-0.3, -0.25) is 0 Å². The van der Waals surface area contributed by atoms with Gasteiger partial charge in [0.05, 0.1) is 18.9 Å². The third-order valence-corrected chi connectivity index (χ3v) is 6.64. The van der Waals surface area contributed by atoms with E-state index in [2.05, 4.69) is 15.6 Å². The number of likely N-dealkylation sites (tertiary alicyclic amines) is 1. The predicted octanol–water partition coefficient (Wildman–Crippen LogP) is 4.99. The lowest BCUT2D eigenvalue weighted by molar-refractivity contribution is 0.200. The molecule has 0 bridgehead atoms. The molecule has 0 aliphatic carbocycles. The van der Waals surface area contributed by atoms with E-state index in [0.29, 0.717) is 5.69 Å². The summed E-state index contributed by atoms with van der Waals surface area (Å²) in [5.41, 5.74) is 3.82. The lowest BCUT2D eigenvalue weighted by atomic mass is 10.1. The molecule has 192 valence electrons. The van der Waals surface area contributed by atoms with Gasteiger partial charge in [0, 0.05) is 31.6 Å². The molecule has 8 nitrogen and oxygen atoms in total. The van der Waals surface area contributed by atoms with Crippen LogP contribution in [0.3, 0.4) is 0 Å². The molecule has 2 fully saturated rings. The normalized spacial score (nSPS) is 17.4. The fourth-order valence-corrected chi connectivity index (χ4v) is 4.66. The Morgan fingerprint density at radius 2 is 1.50 bits per heavy atom. The van der Waals surface area contributed by atoms with E-state index >= 15 is 0 Å². The van der Waals surface area contributed by atoms with Crippen molar-refractivity contribution in [1.29, 1.82) is 0 Å². The number of nitrogens with one attached hydrogen (secondary N) is 2. The summed E-state index contributed by atoms with van der Waals surface area (Å²) in [7, 11) is 0. The number of nitrogens with zero attached hydrogens (tertiary/aromatic N) is 2. The Kier molecular flexibility index (Phi) is 9.77. The highest BCUT2D eigenvalue weighted by atomic mass is 16.5. The quantitative estimate of drug-likeness (QED) is 0.455. The van der Waals surface area contributed by atoms with Gasteiger partial charge in [0.15, 0.2) is 0 Å². The van der Waals surface area contributed by atoms with Crippen LogP contribution in [0.25, 0.3) is 0 Å². The lowest BCUT2D eigenvalue weighted by Gasteiger charge is -2.26. The second-order valence-corrected chi connectivity index (χ2v) is 9.30. The molecule has 0 saturated carbocycles. The van der Waals surface area contributed by atoms with Gasteiger partial charge in [-0.2, -0.15) is 4.99 Å². The van der Waals surface area contributed by atoms with Crippen LogP contribution in [0.5, 0.6) is 11.5 Å². The summed E-state index contributed by atoms with van der Waals surface area (Å²) >= 11 is 0. The topological polar surface area (TPSA) is 92.3 Å². The van der Waals surface area contributed by atoms with Gasteiger partial charge in [-0.15, -0.1) is 0 Å². The molecule has 0 atom stereocenters. The van der Waals surface area contributed by atoms with E-state index in [1.165, 1.54) is 50.4 Å². The molecule has 4 heterocycles. The Hall–Kier alpha value is -3.35. The number of rotatable bonds is 2. The minimum Gasteiger partial charge on any atom is -0.493 e. The number of anilines is 1. The average Bonchev–Trinajstić information content (AvgIpc) is 3.60. The van der Waals surface area contributed by atoms with E-state index in [9.17, 15) is 9.59 Å². The van der Waals surface area contributed by atoms with Crippen molar-refractivity contribution in [3.8, 4) is 11.5 Å². The standard InChI is InChI=1S/C14H18N2O2.C9H7NO2.C5H11N/c17-14(16-7-2-1-3-8-16)15-12-4-5-13-11(10-12)6-9-18-13;11-6-10-8-1-2-9-7(5-8)3-4-12-9;1-2-4-6-5-3-1/h4-5,10H,1-3,6-9H2,(H,15,17);1-2,5H,3-4H2;6H,1-5H2. The van der Waals surface area contributed by atoms with Gasteiger partial charge >= 0.3 is 6.03 Å². The zero-order chi connectivity index (χ0) is 25.0. The Labute approximate surface area is 213 Å². The van der Waals surface area contributed by atoms with Gasteiger partial charge in [0.1, 0.15) is 11.5 Å². The van der Waals surface area contributed by atoms with Crippen molar-refractivity contribution >= 4 is 23.5 Å². The number of urea groups is 1. The number of isocyanates is 1. The van der Waals surface area contributed by atoms with E-state index in [4.69, 9.17) is 9.47 Å². The zero-order valence-electron chi connectivity index (χ0n) is 20.9. The molecule has 2 saturated heterocycles. The fraction of sp³-hybridized carbons (Fsp3) is 0.500. The number of piperidine rings is 2. The predicted molar refractivity (Wildman–Crippen MR) is 140 cm³/mol. The maximum absolute atomic E-state index is 12.1. The van der Waals surface area contributed by atoms with E-state index < -0.39 is 0 Å². The minimum atomic E-state index is 0.0218. The van der Waals surface area contributed by atoms with Gasteiger partial charge in [-0.05, 0) is 92.7 Å². The number of amides is 2. The third kappa shape index (κ3) is 7.57. The highest BCUT2D eigenvalue weighted by molar-refractivity contribution is 5.89. The first-order valence-corrected chi connectivity index (χ1v) is 13.1. The first-order valence-electron chi connectivity index (χ1n) is 13.1. The van der Waals surface area contributed by atoms with Crippen molar-refractivity contribution < 1.29 is 19.1 Å². The van der Waals surface area contributed by atoms with Gasteiger partial charge in [0.2, 0.25) is 6.08 Å². The number of fused-ring (bicyclic) bond motifs is 2. The van der Waals surface area contributed by atoms with Crippen molar-refractivity contribution in [1.82, 2.24) is 10.2 Å². The summed E-state index contributed by atoms with van der Waals surface area (Å²) in [6.07, 6.45) is 11.0. The highest BCUT2D eigenvalue weighted by Crippen LogP contribution is 2.29.